The topological polar surface area (TPSA) is 66.4 Å². The molecule has 0 aromatic heterocycles. The molecule has 1 heterocycles. The van der Waals surface area contributed by atoms with E-state index in [1.54, 1.807) is 6.92 Å². The summed E-state index contributed by atoms with van der Waals surface area (Å²) in [7, 11) is 0. The molecule has 2 atom stereocenters. The Morgan fingerprint density at radius 3 is 2.50 bits per heavy atom. The van der Waals surface area contributed by atoms with E-state index in [9.17, 15) is 18.4 Å². The summed E-state index contributed by atoms with van der Waals surface area (Å²) >= 11 is 0. The normalized spacial score (nSPS) is 22.4. The zero-order valence-corrected chi connectivity index (χ0v) is 11.0. The van der Waals surface area contributed by atoms with Gasteiger partial charge in [0.2, 0.25) is 5.91 Å². The molecule has 1 aliphatic heterocycles. The largest absolute Gasteiger partial charge is 0.481 e. The van der Waals surface area contributed by atoms with Crippen LogP contribution in [-0.2, 0) is 16.0 Å². The number of benzene rings is 1. The molecular formula is C14H15F2NO3. The summed E-state index contributed by atoms with van der Waals surface area (Å²) in [6.07, 6.45) is 0.248. The van der Waals surface area contributed by atoms with Gasteiger partial charge in [0.05, 0.1) is 5.92 Å². The lowest BCUT2D eigenvalue weighted by atomic mass is 9.80. The van der Waals surface area contributed by atoms with Crippen LogP contribution in [0, 0.1) is 17.6 Å². The summed E-state index contributed by atoms with van der Waals surface area (Å²) in [5.41, 5.74) is 0.195. The lowest BCUT2D eigenvalue weighted by molar-refractivity contribution is -0.144. The predicted molar refractivity (Wildman–Crippen MR) is 67.2 cm³/mol. The van der Waals surface area contributed by atoms with Gasteiger partial charge in [-0.25, -0.2) is 8.78 Å². The molecule has 2 N–H and O–H groups in total. The summed E-state index contributed by atoms with van der Waals surface area (Å²) in [5, 5.41) is 11.6. The van der Waals surface area contributed by atoms with Gasteiger partial charge in [-0.2, -0.15) is 0 Å². The average molecular weight is 283 g/mol. The van der Waals surface area contributed by atoms with Crippen LogP contribution in [0.1, 0.15) is 30.4 Å². The first-order valence-electron chi connectivity index (χ1n) is 6.41. The van der Waals surface area contributed by atoms with Gasteiger partial charge >= 0.3 is 5.97 Å². The standard InChI is InChI=1S/C14H15F2NO3/c1-2-7-3-10(15)13(11(16)4-7)8-5-12(18)17-6-9(8)14(19)20/h3-4,8-9H,2,5-6H2,1H3,(H,17,18)(H,19,20). The van der Waals surface area contributed by atoms with E-state index in [2.05, 4.69) is 5.32 Å². The fourth-order valence-corrected chi connectivity index (χ4v) is 2.54. The number of aliphatic carboxylic acids is 1. The van der Waals surface area contributed by atoms with Crippen LogP contribution >= 0.6 is 0 Å². The maximum atomic E-state index is 14.1. The minimum absolute atomic E-state index is 0.118. The first-order valence-corrected chi connectivity index (χ1v) is 6.41. The lowest BCUT2D eigenvalue weighted by Gasteiger charge is -2.29. The van der Waals surface area contributed by atoms with Crippen LogP contribution < -0.4 is 5.32 Å². The molecule has 0 radical (unpaired) electrons. The molecule has 1 fully saturated rings. The number of rotatable bonds is 3. The minimum Gasteiger partial charge on any atom is -0.481 e. The Bertz CT molecular complexity index is 536. The third-order valence-corrected chi connectivity index (χ3v) is 3.65. The SMILES string of the molecule is CCc1cc(F)c(C2CC(=O)NCC2C(=O)O)c(F)c1. The monoisotopic (exact) mass is 283 g/mol. The smallest absolute Gasteiger partial charge is 0.308 e. The van der Waals surface area contributed by atoms with E-state index in [4.69, 9.17) is 5.11 Å². The van der Waals surface area contributed by atoms with Crippen LogP contribution in [-0.4, -0.2) is 23.5 Å². The molecule has 1 amide bonds. The van der Waals surface area contributed by atoms with Crippen molar-refractivity contribution >= 4 is 11.9 Å². The van der Waals surface area contributed by atoms with Crippen molar-refractivity contribution in [1.29, 1.82) is 0 Å². The highest BCUT2D eigenvalue weighted by Gasteiger charge is 2.38. The van der Waals surface area contributed by atoms with E-state index >= 15 is 0 Å². The van der Waals surface area contributed by atoms with E-state index in [1.807, 2.05) is 0 Å². The minimum atomic E-state index is -1.17. The Labute approximate surface area is 114 Å². The van der Waals surface area contributed by atoms with Gasteiger partial charge in [-0.05, 0) is 24.1 Å². The number of piperidine rings is 1. The number of carbonyl (C=O) groups excluding carboxylic acids is 1. The number of carboxylic acids is 1. The second-order valence-electron chi connectivity index (χ2n) is 4.89. The predicted octanol–water partition coefficient (Wildman–Crippen LogP) is 1.83. The maximum absolute atomic E-state index is 14.1. The molecule has 0 bridgehead atoms. The Morgan fingerprint density at radius 1 is 1.40 bits per heavy atom. The van der Waals surface area contributed by atoms with Gasteiger partial charge in [0.15, 0.2) is 0 Å². The van der Waals surface area contributed by atoms with E-state index in [1.165, 1.54) is 12.1 Å². The van der Waals surface area contributed by atoms with Crippen molar-refractivity contribution in [2.45, 2.75) is 25.7 Å². The Balaban J connectivity index is 2.46. The molecular weight excluding hydrogens is 268 g/mol. The number of amides is 1. The second-order valence-corrected chi connectivity index (χ2v) is 4.89. The quantitative estimate of drug-likeness (QED) is 0.889. The fraction of sp³-hybridized carbons (Fsp3) is 0.429. The van der Waals surface area contributed by atoms with E-state index < -0.39 is 35.3 Å². The molecule has 108 valence electrons. The number of hydrogen-bond donors (Lipinski definition) is 2. The number of carboxylic acid groups (broad SMARTS) is 1. The summed E-state index contributed by atoms with van der Waals surface area (Å²) in [6.45, 7) is 1.65. The van der Waals surface area contributed by atoms with Gasteiger partial charge < -0.3 is 10.4 Å². The molecule has 0 spiro atoms. The molecule has 0 aliphatic carbocycles. The highest BCUT2D eigenvalue weighted by molar-refractivity contribution is 5.82. The highest BCUT2D eigenvalue weighted by atomic mass is 19.1. The number of aryl methyl sites for hydroxylation is 1. The van der Waals surface area contributed by atoms with Crippen LogP contribution in [0.4, 0.5) is 8.78 Å². The molecule has 0 saturated carbocycles. The van der Waals surface area contributed by atoms with Crippen LogP contribution in [0.2, 0.25) is 0 Å². The lowest BCUT2D eigenvalue weighted by Crippen LogP contribution is -2.43. The molecule has 2 rings (SSSR count). The number of carbonyl (C=O) groups is 2. The molecule has 1 aromatic carbocycles. The van der Waals surface area contributed by atoms with Crippen molar-refractivity contribution in [3.63, 3.8) is 0 Å². The van der Waals surface area contributed by atoms with E-state index in [-0.39, 0.29) is 18.5 Å². The Hall–Kier alpha value is -1.98. The number of halogens is 2. The van der Waals surface area contributed by atoms with Crippen molar-refractivity contribution in [2.75, 3.05) is 6.54 Å². The van der Waals surface area contributed by atoms with Gasteiger partial charge in [-0.15, -0.1) is 0 Å². The van der Waals surface area contributed by atoms with Crippen LogP contribution in [0.3, 0.4) is 0 Å². The van der Waals surface area contributed by atoms with Gasteiger partial charge in [0.1, 0.15) is 11.6 Å². The Morgan fingerprint density at radius 2 is 2.00 bits per heavy atom. The van der Waals surface area contributed by atoms with E-state index in [0.29, 0.717) is 12.0 Å². The highest BCUT2D eigenvalue weighted by Crippen LogP contribution is 2.35. The summed E-state index contributed by atoms with van der Waals surface area (Å²) in [6, 6.07) is 2.40. The number of hydrogen-bond acceptors (Lipinski definition) is 2. The van der Waals surface area contributed by atoms with Crippen molar-refractivity contribution in [1.82, 2.24) is 5.32 Å². The third-order valence-electron chi connectivity index (χ3n) is 3.65. The molecule has 1 aromatic rings. The summed E-state index contributed by atoms with van der Waals surface area (Å²) in [5.74, 6) is -5.14. The molecule has 4 nitrogen and oxygen atoms in total. The first-order chi connectivity index (χ1) is 9.43. The van der Waals surface area contributed by atoms with Crippen LogP contribution in [0.5, 0.6) is 0 Å². The second kappa shape index (κ2) is 5.56. The average Bonchev–Trinajstić information content (AvgIpc) is 2.37. The van der Waals surface area contributed by atoms with Crippen molar-refractivity contribution < 1.29 is 23.5 Å². The third kappa shape index (κ3) is 2.64. The maximum Gasteiger partial charge on any atom is 0.308 e. The molecule has 6 heteroatoms. The van der Waals surface area contributed by atoms with Gasteiger partial charge in [-0.1, -0.05) is 6.92 Å². The fourth-order valence-electron chi connectivity index (χ4n) is 2.54. The van der Waals surface area contributed by atoms with Gasteiger partial charge in [-0.3, -0.25) is 9.59 Å². The Kier molecular flexibility index (Phi) is 4.01. The van der Waals surface area contributed by atoms with Gasteiger partial charge in [0.25, 0.3) is 0 Å². The first kappa shape index (κ1) is 14.4. The van der Waals surface area contributed by atoms with E-state index in [0.717, 1.165) is 0 Å². The molecule has 20 heavy (non-hydrogen) atoms. The zero-order valence-electron chi connectivity index (χ0n) is 11.0. The molecule has 1 aliphatic rings. The van der Waals surface area contributed by atoms with Gasteiger partial charge in [0, 0.05) is 24.4 Å². The van der Waals surface area contributed by atoms with Crippen molar-refractivity contribution in [3.05, 3.63) is 34.9 Å². The molecule has 1 saturated heterocycles. The molecule has 2 unspecified atom stereocenters. The summed E-state index contributed by atoms with van der Waals surface area (Å²) < 4.78 is 28.2. The summed E-state index contributed by atoms with van der Waals surface area (Å²) in [4.78, 5) is 22.6. The van der Waals surface area contributed by atoms with Crippen LogP contribution in [0.25, 0.3) is 0 Å². The number of nitrogens with one attached hydrogen (secondary N) is 1. The zero-order chi connectivity index (χ0) is 14.9. The van der Waals surface area contributed by atoms with Crippen molar-refractivity contribution in [3.8, 4) is 0 Å². The van der Waals surface area contributed by atoms with Crippen molar-refractivity contribution in [2.24, 2.45) is 5.92 Å². The van der Waals surface area contributed by atoms with Crippen LogP contribution in [0.15, 0.2) is 12.1 Å².